The van der Waals surface area contributed by atoms with E-state index < -0.39 is 11.0 Å². The predicted octanol–water partition coefficient (Wildman–Crippen LogP) is 5.44. The minimum Gasteiger partial charge on any atom is -0.310 e. The molecule has 3 aliphatic rings. The fourth-order valence-electron chi connectivity index (χ4n) is 5.78. The Kier molecular flexibility index (Phi) is 5.76. The van der Waals surface area contributed by atoms with Crippen molar-refractivity contribution in [3.8, 4) is 0 Å². The zero-order chi connectivity index (χ0) is 26.7. The van der Waals surface area contributed by atoms with Crippen molar-refractivity contribution in [2.75, 3.05) is 11.9 Å². The standard InChI is InChI=1S/C31H29ClN4O2/c1-19(2)30(3)29(38)36(27(35-30)23-9-4-5-11-25(23)32)15-7-8-20-12-13-21-17-31(18-22(21)16-20)24-10-6-14-33-26(24)34-28(31)37/h4-14,16,19H,15,17-18H2,1-3H3,(H,33,34,37)/b8-7+/t30?,31-/m1/s1. The van der Waals surface area contributed by atoms with Crippen molar-refractivity contribution < 1.29 is 9.59 Å². The van der Waals surface area contributed by atoms with Crippen molar-refractivity contribution in [1.29, 1.82) is 0 Å². The Bertz CT molecular complexity index is 1540. The van der Waals surface area contributed by atoms with Crippen LogP contribution in [0.1, 0.15) is 48.6 Å². The molecule has 1 N–H and O–H groups in total. The summed E-state index contributed by atoms with van der Waals surface area (Å²) in [4.78, 5) is 37.5. The maximum absolute atomic E-state index is 13.5. The quantitative estimate of drug-likeness (QED) is 0.483. The van der Waals surface area contributed by atoms with Gasteiger partial charge in [0.1, 0.15) is 17.2 Å². The van der Waals surface area contributed by atoms with Crippen LogP contribution in [0.5, 0.6) is 0 Å². The first kappa shape index (κ1) is 24.6. The molecule has 6 nitrogen and oxygen atoms in total. The molecule has 7 heteroatoms. The third-order valence-corrected chi connectivity index (χ3v) is 8.64. The summed E-state index contributed by atoms with van der Waals surface area (Å²) in [6.45, 7) is 6.31. The summed E-state index contributed by atoms with van der Waals surface area (Å²) in [5.41, 5.74) is 3.69. The van der Waals surface area contributed by atoms with Crippen LogP contribution in [0.3, 0.4) is 0 Å². The second-order valence-corrected chi connectivity index (χ2v) is 11.3. The van der Waals surface area contributed by atoms with Gasteiger partial charge in [-0.05, 0) is 60.6 Å². The number of nitrogens with zero attached hydrogens (tertiary/aromatic N) is 3. The fraction of sp³-hybridized carbons (Fsp3) is 0.290. The van der Waals surface area contributed by atoms with Gasteiger partial charge in [-0.2, -0.15) is 0 Å². The largest absolute Gasteiger partial charge is 0.310 e. The topological polar surface area (TPSA) is 74.7 Å². The number of fused-ring (bicyclic) bond motifs is 3. The summed E-state index contributed by atoms with van der Waals surface area (Å²) in [5.74, 6) is 1.31. The van der Waals surface area contributed by atoms with Crippen LogP contribution in [-0.4, -0.2) is 39.6 Å². The summed E-state index contributed by atoms with van der Waals surface area (Å²) < 4.78 is 0. The van der Waals surface area contributed by atoms with Gasteiger partial charge in [-0.15, -0.1) is 0 Å². The first-order valence-corrected chi connectivity index (χ1v) is 13.3. The Morgan fingerprint density at radius 3 is 2.66 bits per heavy atom. The highest BCUT2D eigenvalue weighted by Gasteiger charge is 2.51. The molecule has 38 heavy (non-hydrogen) atoms. The van der Waals surface area contributed by atoms with Crippen molar-refractivity contribution >= 4 is 41.1 Å². The van der Waals surface area contributed by atoms with Crippen LogP contribution in [0.15, 0.2) is 71.9 Å². The lowest BCUT2D eigenvalue weighted by molar-refractivity contribution is -0.131. The van der Waals surface area contributed by atoms with Crippen molar-refractivity contribution in [3.63, 3.8) is 0 Å². The molecule has 2 amide bonds. The molecule has 192 valence electrons. The van der Waals surface area contributed by atoms with E-state index in [-0.39, 0.29) is 17.7 Å². The fourth-order valence-corrected chi connectivity index (χ4v) is 6.00. The molecule has 0 saturated heterocycles. The molecule has 0 saturated carbocycles. The number of aliphatic imine (C=N–C) groups is 1. The van der Waals surface area contributed by atoms with Gasteiger partial charge in [-0.3, -0.25) is 19.5 Å². The maximum atomic E-state index is 13.5. The zero-order valence-corrected chi connectivity index (χ0v) is 22.4. The van der Waals surface area contributed by atoms with Gasteiger partial charge in [0.05, 0.1) is 10.4 Å². The molecule has 6 rings (SSSR count). The lowest BCUT2D eigenvalue weighted by Crippen LogP contribution is -2.44. The normalized spacial score (nSPS) is 23.9. The Morgan fingerprint density at radius 1 is 1.08 bits per heavy atom. The van der Waals surface area contributed by atoms with Crippen LogP contribution in [0.2, 0.25) is 5.02 Å². The number of hydrogen-bond acceptors (Lipinski definition) is 4. The highest BCUT2D eigenvalue weighted by Crippen LogP contribution is 2.46. The van der Waals surface area contributed by atoms with Crippen LogP contribution in [-0.2, 0) is 27.8 Å². The van der Waals surface area contributed by atoms with Gasteiger partial charge >= 0.3 is 0 Å². The number of rotatable bonds is 5. The molecule has 3 aromatic rings. The van der Waals surface area contributed by atoms with Crippen molar-refractivity contribution in [1.82, 2.24) is 9.88 Å². The molecule has 0 bridgehead atoms. The van der Waals surface area contributed by atoms with Crippen LogP contribution in [0.4, 0.5) is 5.82 Å². The lowest BCUT2D eigenvalue weighted by atomic mass is 9.79. The van der Waals surface area contributed by atoms with Gasteiger partial charge in [0, 0.05) is 23.9 Å². The molecule has 1 aliphatic carbocycles. The second kappa shape index (κ2) is 8.91. The first-order chi connectivity index (χ1) is 18.2. The highest BCUT2D eigenvalue weighted by atomic mass is 35.5. The van der Waals surface area contributed by atoms with E-state index in [4.69, 9.17) is 16.6 Å². The number of halogens is 1. The Balaban J connectivity index is 1.25. The zero-order valence-electron chi connectivity index (χ0n) is 21.7. The van der Waals surface area contributed by atoms with Crippen molar-refractivity contribution in [2.45, 2.75) is 44.6 Å². The molecule has 0 radical (unpaired) electrons. The van der Waals surface area contributed by atoms with Crippen LogP contribution in [0, 0.1) is 5.92 Å². The average Bonchev–Trinajstić information content (AvgIpc) is 3.50. The molecule has 1 spiro atoms. The van der Waals surface area contributed by atoms with E-state index in [0.717, 1.165) is 16.7 Å². The Labute approximate surface area is 227 Å². The number of carbonyl (C=O) groups excluding carboxylic acids is 2. The first-order valence-electron chi connectivity index (χ1n) is 12.9. The second-order valence-electron chi connectivity index (χ2n) is 10.9. The number of pyridine rings is 1. The van der Waals surface area contributed by atoms with Gasteiger partial charge in [0.25, 0.3) is 5.91 Å². The molecule has 1 aromatic heterocycles. The summed E-state index contributed by atoms with van der Waals surface area (Å²) in [6, 6.07) is 17.7. The molecule has 2 aromatic carbocycles. The van der Waals surface area contributed by atoms with E-state index in [0.29, 0.717) is 36.1 Å². The average molecular weight is 525 g/mol. The molecule has 3 heterocycles. The Morgan fingerprint density at radius 2 is 1.87 bits per heavy atom. The van der Waals surface area contributed by atoms with E-state index in [2.05, 4.69) is 28.5 Å². The van der Waals surface area contributed by atoms with Crippen LogP contribution in [0.25, 0.3) is 6.08 Å². The number of nitrogens with one attached hydrogen (secondary N) is 1. The lowest BCUT2D eigenvalue weighted by Gasteiger charge is -2.25. The van der Waals surface area contributed by atoms with E-state index in [1.54, 1.807) is 11.1 Å². The summed E-state index contributed by atoms with van der Waals surface area (Å²) in [7, 11) is 0. The smallest absolute Gasteiger partial charge is 0.256 e. The summed E-state index contributed by atoms with van der Waals surface area (Å²) in [6.07, 6.45) is 7.04. The number of hydrogen-bond donors (Lipinski definition) is 1. The molecule has 2 aliphatic heterocycles. The third kappa shape index (κ3) is 3.70. The van der Waals surface area contributed by atoms with Gasteiger partial charge in [-0.1, -0.05) is 74.0 Å². The summed E-state index contributed by atoms with van der Waals surface area (Å²) in [5, 5.41) is 3.53. The minimum atomic E-state index is -0.836. The highest BCUT2D eigenvalue weighted by molar-refractivity contribution is 6.35. The molecular weight excluding hydrogens is 496 g/mol. The number of amidine groups is 1. The molecule has 0 fully saturated rings. The van der Waals surface area contributed by atoms with E-state index >= 15 is 0 Å². The molecular formula is C31H29ClN4O2. The van der Waals surface area contributed by atoms with Gasteiger partial charge in [-0.25, -0.2) is 4.98 Å². The van der Waals surface area contributed by atoms with Gasteiger partial charge in [0.2, 0.25) is 5.91 Å². The monoisotopic (exact) mass is 524 g/mol. The third-order valence-electron chi connectivity index (χ3n) is 8.31. The number of benzene rings is 2. The van der Waals surface area contributed by atoms with Crippen LogP contribution >= 0.6 is 11.6 Å². The van der Waals surface area contributed by atoms with Gasteiger partial charge < -0.3 is 5.32 Å². The van der Waals surface area contributed by atoms with Crippen molar-refractivity contribution in [3.05, 3.63) is 99.7 Å². The van der Waals surface area contributed by atoms with Gasteiger partial charge in [0.15, 0.2) is 0 Å². The van der Waals surface area contributed by atoms with E-state index in [1.165, 1.54) is 11.1 Å². The van der Waals surface area contributed by atoms with Crippen LogP contribution < -0.4 is 5.32 Å². The van der Waals surface area contributed by atoms with Crippen molar-refractivity contribution in [2.24, 2.45) is 10.9 Å². The number of aromatic nitrogens is 1. The number of carbonyl (C=O) groups is 2. The van der Waals surface area contributed by atoms with E-state index in [9.17, 15) is 9.59 Å². The number of anilines is 1. The summed E-state index contributed by atoms with van der Waals surface area (Å²) >= 11 is 6.50. The molecule has 2 atom stereocenters. The molecule has 1 unspecified atom stereocenters. The minimum absolute atomic E-state index is 0.0200. The number of amides is 2. The predicted molar refractivity (Wildman–Crippen MR) is 150 cm³/mol. The Hall–Kier alpha value is -3.77. The maximum Gasteiger partial charge on any atom is 0.256 e. The van der Waals surface area contributed by atoms with E-state index in [1.807, 2.05) is 69.3 Å². The SMILES string of the molecule is CC(C)C1(C)N=C(c2ccccc2Cl)N(C/C=C/c2ccc3c(c2)C[C@@]2(C3)C(=O)Nc3ncccc32)C1=O.